The number of rotatable bonds is 10. The second kappa shape index (κ2) is 13.1. The van der Waals surface area contributed by atoms with E-state index in [0.717, 1.165) is 9.87 Å². The average molecular weight is 647 g/mol. The Morgan fingerprint density at radius 3 is 2.51 bits per heavy atom. The van der Waals surface area contributed by atoms with Crippen LogP contribution < -0.4 is 19.4 Å². The number of nitrogens with zero attached hydrogens (tertiary/aromatic N) is 4. The van der Waals surface area contributed by atoms with E-state index in [4.69, 9.17) is 9.47 Å². The van der Waals surface area contributed by atoms with Gasteiger partial charge < -0.3 is 14.4 Å². The summed E-state index contributed by atoms with van der Waals surface area (Å²) in [6.07, 6.45) is 1.31. The van der Waals surface area contributed by atoms with Crippen molar-refractivity contribution in [3.63, 3.8) is 0 Å². The van der Waals surface area contributed by atoms with Crippen molar-refractivity contribution < 1.29 is 27.6 Å². The van der Waals surface area contributed by atoms with E-state index in [1.807, 2.05) is 11.8 Å². The standard InChI is InChI=1S/C27H28BrN5O7S/c1-19-3-5-21(6-4-19)32(41(37,38)23-8-10-26(39-2)24(28)16-23)18-27(34)30-29-17-20-15-22(33(35)36)7-9-25(20)31-11-13-40-14-12-31/h3-10,15-17H,11-14,18H2,1-2H3,(H,30,34)/b29-17-. The van der Waals surface area contributed by atoms with Gasteiger partial charge in [-0.1, -0.05) is 17.7 Å². The number of sulfonamides is 1. The van der Waals surface area contributed by atoms with Gasteiger partial charge in [-0.05, 0) is 59.3 Å². The highest BCUT2D eigenvalue weighted by Gasteiger charge is 2.28. The van der Waals surface area contributed by atoms with Crippen LogP contribution in [0.2, 0.25) is 0 Å². The number of non-ortho nitro benzene ring substituents is 1. The molecule has 14 heteroatoms. The molecule has 3 aromatic carbocycles. The minimum atomic E-state index is -4.18. The highest BCUT2D eigenvalue weighted by Crippen LogP contribution is 2.31. The summed E-state index contributed by atoms with van der Waals surface area (Å²) in [6.45, 7) is 3.50. The first-order valence-corrected chi connectivity index (χ1v) is 14.7. The number of methoxy groups -OCH3 is 1. The van der Waals surface area contributed by atoms with Crippen molar-refractivity contribution in [1.82, 2.24) is 5.43 Å². The predicted octanol–water partition coefficient (Wildman–Crippen LogP) is 3.86. The molecule has 3 aromatic rings. The Balaban J connectivity index is 1.59. The van der Waals surface area contributed by atoms with E-state index in [0.29, 0.717) is 47.8 Å². The monoisotopic (exact) mass is 645 g/mol. The van der Waals surface area contributed by atoms with Gasteiger partial charge in [0.15, 0.2) is 0 Å². The number of carbonyl (C=O) groups excluding carboxylic acids is 1. The maximum absolute atomic E-state index is 13.7. The van der Waals surface area contributed by atoms with Gasteiger partial charge in [0.1, 0.15) is 12.3 Å². The van der Waals surface area contributed by atoms with E-state index in [2.05, 4.69) is 26.5 Å². The van der Waals surface area contributed by atoms with E-state index < -0.39 is 27.4 Å². The summed E-state index contributed by atoms with van der Waals surface area (Å²) in [6, 6.07) is 15.4. The summed E-state index contributed by atoms with van der Waals surface area (Å²) in [7, 11) is -2.71. The fourth-order valence-corrected chi connectivity index (χ4v) is 6.29. The molecule has 41 heavy (non-hydrogen) atoms. The molecular weight excluding hydrogens is 618 g/mol. The number of halogens is 1. The zero-order valence-electron chi connectivity index (χ0n) is 22.3. The van der Waals surface area contributed by atoms with Crippen LogP contribution >= 0.6 is 15.9 Å². The number of morpholine rings is 1. The number of anilines is 2. The third-order valence-corrected chi connectivity index (χ3v) is 8.68. The number of nitro groups is 1. The zero-order chi connectivity index (χ0) is 29.6. The Hall–Kier alpha value is -4.01. The van der Waals surface area contributed by atoms with Crippen molar-refractivity contribution >= 4 is 55.1 Å². The van der Waals surface area contributed by atoms with E-state index in [9.17, 15) is 23.3 Å². The number of aryl methyl sites for hydroxylation is 1. The van der Waals surface area contributed by atoms with E-state index in [1.54, 1.807) is 30.3 Å². The van der Waals surface area contributed by atoms with Gasteiger partial charge >= 0.3 is 0 Å². The lowest BCUT2D eigenvalue weighted by atomic mass is 10.1. The number of nitro benzene ring substituents is 1. The fourth-order valence-electron chi connectivity index (χ4n) is 4.15. The second-order valence-corrected chi connectivity index (χ2v) is 11.8. The van der Waals surface area contributed by atoms with Crippen molar-refractivity contribution in [1.29, 1.82) is 0 Å². The predicted molar refractivity (Wildman–Crippen MR) is 158 cm³/mol. The Kier molecular flexibility index (Phi) is 9.57. The normalized spacial score (nSPS) is 13.7. The van der Waals surface area contributed by atoms with Crippen molar-refractivity contribution in [2.45, 2.75) is 11.8 Å². The molecule has 1 amide bonds. The number of hydrogen-bond acceptors (Lipinski definition) is 9. The van der Waals surface area contributed by atoms with Crippen LogP contribution in [0.25, 0.3) is 0 Å². The van der Waals surface area contributed by atoms with Gasteiger partial charge in [-0.3, -0.25) is 19.2 Å². The number of benzene rings is 3. The zero-order valence-corrected chi connectivity index (χ0v) is 24.7. The van der Waals surface area contributed by atoms with Crippen molar-refractivity contribution in [3.05, 3.63) is 86.4 Å². The van der Waals surface area contributed by atoms with Gasteiger partial charge in [-0.15, -0.1) is 0 Å². The largest absolute Gasteiger partial charge is 0.496 e. The average Bonchev–Trinajstić information content (AvgIpc) is 2.96. The van der Waals surface area contributed by atoms with Crippen LogP contribution in [0.15, 0.2) is 75.1 Å². The summed E-state index contributed by atoms with van der Waals surface area (Å²) in [4.78, 5) is 25.8. The topological polar surface area (TPSA) is 144 Å². The van der Waals surface area contributed by atoms with Gasteiger partial charge in [0, 0.05) is 36.5 Å². The van der Waals surface area contributed by atoms with E-state index in [-0.39, 0.29) is 16.3 Å². The van der Waals surface area contributed by atoms with Gasteiger partial charge in [0.2, 0.25) is 0 Å². The van der Waals surface area contributed by atoms with Crippen molar-refractivity contribution in [3.8, 4) is 5.75 Å². The first-order valence-electron chi connectivity index (χ1n) is 12.5. The van der Waals surface area contributed by atoms with Gasteiger partial charge in [0.25, 0.3) is 21.6 Å². The minimum Gasteiger partial charge on any atom is -0.496 e. The molecule has 1 saturated heterocycles. The quantitative estimate of drug-likeness (QED) is 0.199. The molecule has 0 atom stereocenters. The lowest BCUT2D eigenvalue weighted by Gasteiger charge is -2.29. The molecule has 1 aliphatic heterocycles. The fraction of sp³-hybridized carbons (Fsp3) is 0.259. The molecule has 0 bridgehead atoms. The molecule has 0 aromatic heterocycles. The molecule has 4 rings (SSSR count). The van der Waals surface area contributed by atoms with Gasteiger partial charge in [-0.25, -0.2) is 13.8 Å². The number of nitrogens with one attached hydrogen (secondary N) is 1. The molecule has 12 nitrogen and oxygen atoms in total. The molecule has 1 fully saturated rings. The second-order valence-electron chi connectivity index (χ2n) is 9.04. The number of ether oxygens (including phenoxy) is 2. The smallest absolute Gasteiger partial charge is 0.270 e. The number of hydrazone groups is 1. The molecule has 216 valence electrons. The number of amides is 1. The SMILES string of the molecule is COc1ccc(S(=O)(=O)N(CC(=O)N/N=C\c2cc([N+](=O)[O-])ccc2N2CCOCC2)c2ccc(C)cc2)cc1Br. The molecular formula is C27H28BrN5O7S. The molecule has 0 saturated carbocycles. The maximum atomic E-state index is 13.7. The highest BCUT2D eigenvalue weighted by atomic mass is 79.9. The number of carbonyl (C=O) groups is 1. The van der Waals surface area contributed by atoms with Crippen LogP contribution in [-0.2, 0) is 19.6 Å². The third-order valence-electron chi connectivity index (χ3n) is 6.29. The van der Waals surface area contributed by atoms with Crippen molar-refractivity contribution in [2.75, 3.05) is 49.2 Å². The summed E-state index contributed by atoms with van der Waals surface area (Å²) in [5.74, 6) is -0.258. The third kappa shape index (κ3) is 7.20. The molecule has 1 heterocycles. The molecule has 0 aliphatic carbocycles. The van der Waals surface area contributed by atoms with Crippen molar-refractivity contribution in [2.24, 2.45) is 5.10 Å². The molecule has 0 unspecified atom stereocenters. The Morgan fingerprint density at radius 2 is 1.88 bits per heavy atom. The van der Waals surface area contributed by atoms with Gasteiger partial charge in [-0.2, -0.15) is 5.10 Å². The van der Waals surface area contributed by atoms with Crippen LogP contribution in [0.1, 0.15) is 11.1 Å². The van der Waals surface area contributed by atoms with Gasteiger partial charge in [0.05, 0.1) is 46.5 Å². The summed E-state index contributed by atoms with van der Waals surface area (Å²) in [5, 5.41) is 15.4. The van der Waals surface area contributed by atoms with E-state index in [1.165, 1.54) is 43.7 Å². The van der Waals surface area contributed by atoms with Crippen LogP contribution in [0.5, 0.6) is 5.75 Å². The molecule has 1 N–H and O–H groups in total. The highest BCUT2D eigenvalue weighted by molar-refractivity contribution is 9.10. The van der Waals surface area contributed by atoms with Crippen LogP contribution in [-0.4, -0.2) is 65.4 Å². The van der Waals surface area contributed by atoms with Crippen LogP contribution in [0.4, 0.5) is 17.1 Å². The Labute approximate surface area is 245 Å². The lowest BCUT2D eigenvalue weighted by molar-refractivity contribution is -0.384. The molecule has 1 aliphatic rings. The molecule has 0 spiro atoms. The summed E-state index contributed by atoms with van der Waals surface area (Å²) < 4.78 is 39.4. The Bertz CT molecular complexity index is 1560. The first kappa shape index (κ1) is 30.0. The maximum Gasteiger partial charge on any atom is 0.270 e. The number of hydrogen-bond donors (Lipinski definition) is 1. The first-order chi connectivity index (χ1) is 19.6. The minimum absolute atomic E-state index is 0.0474. The summed E-state index contributed by atoms with van der Waals surface area (Å²) in [5.41, 5.74) is 4.56. The lowest BCUT2D eigenvalue weighted by Crippen LogP contribution is -2.39. The van der Waals surface area contributed by atoms with E-state index >= 15 is 0 Å². The molecule has 0 radical (unpaired) electrons. The Morgan fingerprint density at radius 1 is 1.17 bits per heavy atom. The van der Waals surface area contributed by atoms with Crippen LogP contribution in [0, 0.1) is 17.0 Å². The summed E-state index contributed by atoms with van der Waals surface area (Å²) >= 11 is 3.31. The van der Waals surface area contributed by atoms with Crippen LogP contribution in [0.3, 0.4) is 0 Å².